The van der Waals surface area contributed by atoms with E-state index in [4.69, 9.17) is 45.2 Å². The summed E-state index contributed by atoms with van der Waals surface area (Å²) in [5.74, 6) is -3.86. The molecule has 2 aromatic carbocycles. The second-order valence-corrected chi connectivity index (χ2v) is 10.9. The van der Waals surface area contributed by atoms with Crippen molar-refractivity contribution in [3.8, 4) is 17.2 Å². The standard InChI is InChI=1S/C27H35N7O4.2C2HF3O2/c1-15-9-10-18-17(11-15)24(32-19-7-5-6-8-20(19)33-27(28)29)34-25(31-18)26(35)30-14-16-12-21(36-2)23(38-4)22(13-16)37-3;2*3-2(4,5)1(6)7/h9-13,19-20H,5-8,14H2,1-4H3,(H,30,35)(H4,28,29,33)(H,31,32,34);2*(H,6,7). The van der Waals surface area contributed by atoms with Crippen LogP contribution in [0.5, 0.6) is 17.2 Å². The normalized spacial score (nSPS) is 15.4. The number of carboxylic acid groups (broad SMARTS) is 2. The molecular formula is C31H37F6N7O8. The zero-order chi connectivity index (χ0) is 39.4. The molecule has 0 saturated heterocycles. The highest BCUT2D eigenvalue weighted by Crippen LogP contribution is 2.38. The van der Waals surface area contributed by atoms with Gasteiger partial charge < -0.3 is 46.1 Å². The Morgan fingerprint density at radius 2 is 1.40 bits per heavy atom. The van der Waals surface area contributed by atoms with E-state index in [2.05, 4.69) is 25.9 Å². The Morgan fingerprint density at radius 3 is 1.87 bits per heavy atom. The Hall–Kier alpha value is -5.76. The van der Waals surface area contributed by atoms with Crippen LogP contribution in [-0.4, -0.2) is 89.8 Å². The Kier molecular flexibility index (Phi) is 15.1. The van der Waals surface area contributed by atoms with E-state index in [1.54, 1.807) is 26.4 Å². The molecule has 15 nitrogen and oxygen atoms in total. The van der Waals surface area contributed by atoms with Gasteiger partial charge in [-0.2, -0.15) is 26.3 Å². The molecule has 0 radical (unpaired) electrons. The summed E-state index contributed by atoms with van der Waals surface area (Å²) in [6, 6.07) is 9.41. The van der Waals surface area contributed by atoms with Crippen molar-refractivity contribution >= 4 is 40.5 Å². The van der Waals surface area contributed by atoms with E-state index < -0.39 is 30.2 Å². The van der Waals surface area contributed by atoms with E-state index in [1.807, 2.05) is 25.1 Å². The van der Waals surface area contributed by atoms with Crippen LogP contribution in [0.1, 0.15) is 47.4 Å². The first-order valence-corrected chi connectivity index (χ1v) is 15.0. The third-order valence-corrected chi connectivity index (χ3v) is 7.15. The summed E-state index contributed by atoms with van der Waals surface area (Å²) in [4.78, 5) is 40.2. The number of nitrogens with one attached hydrogen (secondary N) is 4. The minimum Gasteiger partial charge on any atom is -0.493 e. The fourth-order valence-corrected chi connectivity index (χ4v) is 4.80. The number of nitrogens with zero attached hydrogens (tertiary/aromatic N) is 2. The molecule has 21 heteroatoms. The first kappa shape index (κ1) is 42.4. The van der Waals surface area contributed by atoms with Gasteiger partial charge in [0.2, 0.25) is 11.6 Å². The molecule has 286 valence electrons. The van der Waals surface area contributed by atoms with Gasteiger partial charge >= 0.3 is 24.3 Å². The number of methoxy groups -OCH3 is 3. The molecule has 1 heterocycles. The molecule has 1 saturated carbocycles. The predicted molar refractivity (Wildman–Crippen MR) is 174 cm³/mol. The average molecular weight is 750 g/mol. The SMILES string of the molecule is COc1cc(CNC(=O)c2nc(NC3CCCCC3NC(=N)N)c3cc(C)ccc3n2)cc(OC)c1OC.O=C(O)C(F)(F)F.O=C(O)C(F)(F)F. The van der Waals surface area contributed by atoms with E-state index in [0.717, 1.165) is 42.2 Å². The van der Waals surface area contributed by atoms with Crippen LogP contribution in [0, 0.1) is 12.3 Å². The first-order valence-electron chi connectivity index (χ1n) is 15.0. The number of anilines is 1. The lowest BCUT2D eigenvalue weighted by Gasteiger charge is -2.33. The second-order valence-electron chi connectivity index (χ2n) is 10.9. The molecule has 0 spiro atoms. The van der Waals surface area contributed by atoms with Gasteiger partial charge in [0.05, 0.1) is 26.8 Å². The lowest BCUT2D eigenvalue weighted by Crippen LogP contribution is -2.50. The number of carbonyl (C=O) groups excluding carboxylic acids is 1. The van der Waals surface area contributed by atoms with Gasteiger partial charge in [-0.1, -0.05) is 24.5 Å². The minimum absolute atomic E-state index is 0.00130. The van der Waals surface area contributed by atoms with E-state index in [1.165, 1.54) is 7.11 Å². The van der Waals surface area contributed by atoms with E-state index in [9.17, 15) is 31.1 Å². The van der Waals surface area contributed by atoms with Gasteiger partial charge in [-0.3, -0.25) is 10.2 Å². The Balaban J connectivity index is 0.000000564. The fraction of sp³-hybridized carbons (Fsp3) is 0.419. The van der Waals surface area contributed by atoms with Crippen molar-refractivity contribution in [2.24, 2.45) is 5.73 Å². The van der Waals surface area contributed by atoms with Gasteiger partial charge in [0, 0.05) is 24.0 Å². The van der Waals surface area contributed by atoms with Crippen molar-refractivity contribution in [3.05, 3.63) is 47.3 Å². The van der Waals surface area contributed by atoms with E-state index in [0.29, 0.717) is 28.6 Å². The number of carboxylic acids is 2. The van der Waals surface area contributed by atoms with Crippen LogP contribution in [-0.2, 0) is 16.1 Å². The molecule has 1 aromatic heterocycles. The largest absolute Gasteiger partial charge is 0.493 e. The number of aromatic nitrogens is 2. The number of alkyl halides is 6. The number of rotatable bonds is 9. The number of halogens is 6. The number of hydrogen-bond acceptors (Lipinski definition) is 10. The second kappa shape index (κ2) is 18.5. The highest BCUT2D eigenvalue weighted by Gasteiger charge is 2.39. The minimum atomic E-state index is -5.08. The zero-order valence-electron chi connectivity index (χ0n) is 28.2. The van der Waals surface area contributed by atoms with Crippen LogP contribution < -0.4 is 35.9 Å². The van der Waals surface area contributed by atoms with Crippen molar-refractivity contribution in [2.75, 3.05) is 26.6 Å². The highest BCUT2D eigenvalue weighted by atomic mass is 19.4. The summed E-state index contributed by atoms with van der Waals surface area (Å²) in [5.41, 5.74) is 8.12. The summed E-state index contributed by atoms with van der Waals surface area (Å²) in [7, 11) is 4.63. The van der Waals surface area contributed by atoms with Crippen LogP contribution in [0.3, 0.4) is 0 Å². The topological polar surface area (TPSA) is 231 Å². The van der Waals surface area contributed by atoms with Crippen LogP contribution in [0.4, 0.5) is 32.2 Å². The maximum absolute atomic E-state index is 13.2. The first-order chi connectivity index (χ1) is 24.2. The molecular weight excluding hydrogens is 712 g/mol. The Labute approximate surface area is 292 Å². The van der Waals surface area contributed by atoms with Gasteiger partial charge in [-0.15, -0.1) is 0 Å². The number of amides is 1. The van der Waals surface area contributed by atoms with Crippen molar-refractivity contribution in [2.45, 2.75) is 63.6 Å². The molecule has 8 N–H and O–H groups in total. The van der Waals surface area contributed by atoms with Crippen molar-refractivity contribution in [3.63, 3.8) is 0 Å². The zero-order valence-corrected chi connectivity index (χ0v) is 28.2. The monoisotopic (exact) mass is 749 g/mol. The third-order valence-electron chi connectivity index (χ3n) is 7.15. The van der Waals surface area contributed by atoms with E-state index in [-0.39, 0.29) is 30.4 Å². The van der Waals surface area contributed by atoms with Gasteiger partial charge in [-0.05, 0) is 49.6 Å². The van der Waals surface area contributed by atoms with Gasteiger partial charge in [0.15, 0.2) is 17.5 Å². The number of aryl methyl sites for hydroxylation is 1. The number of nitrogens with two attached hydrogens (primary N) is 1. The number of carbonyl (C=O) groups is 3. The van der Waals surface area contributed by atoms with Crippen LogP contribution in [0.15, 0.2) is 30.3 Å². The molecule has 1 aliphatic rings. The predicted octanol–water partition coefficient (Wildman–Crippen LogP) is 4.37. The Morgan fingerprint density at radius 1 is 0.885 bits per heavy atom. The fourth-order valence-electron chi connectivity index (χ4n) is 4.80. The molecule has 1 fully saturated rings. The Bertz CT molecular complexity index is 1690. The van der Waals surface area contributed by atoms with Crippen LogP contribution in [0.2, 0.25) is 0 Å². The number of guanidine groups is 1. The molecule has 3 aromatic rings. The summed E-state index contributed by atoms with van der Waals surface area (Å²) in [6.45, 7) is 2.21. The van der Waals surface area contributed by atoms with Crippen LogP contribution in [0.25, 0.3) is 10.9 Å². The summed E-state index contributed by atoms with van der Waals surface area (Å²) < 4.78 is 79.7. The number of aliphatic carboxylic acids is 2. The molecule has 4 rings (SSSR count). The average Bonchev–Trinajstić information content (AvgIpc) is 3.07. The maximum Gasteiger partial charge on any atom is 0.490 e. The van der Waals surface area contributed by atoms with Gasteiger partial charge in [-0.25, -0.2) is 19.6 Å². The third kappa shape index (κ3) is 12.5. The molecule has 2 unspecified atom stereocenters. The maximum atomic E-state index is 13.2. The molecule has 1 aliphatic carbocycles. The van der Waals surface area contributed by atoms with Gasteiger partial charge in [0.25, 0.3) is 5.91 Å². The van der Waals surface area contributed by atoms with Crippen molar-refractivity contribution in [1.82, 2.24) is 20.6 Å². The molecule has 0 aliphatic heterocycles. The van der Waals surface area contributed by atoms with Crippen LogP contribution >= 0.6 is 0 Å². The lowest BCUT2D eigenvalue weighted by molar-refractivity contribution is -0.193. The number of benzene rings is 2. The molecule has 0 bridgehead atoms. The number of fused-ring (bicyclic) bond motifs is 1. The number of hydrogen-bond donors (Lipinski definition) is 7. The quantitative estimate of drug-likeness (QED) is 0.0917. The van der Waals surface area contributed by atoms with Crippen molar-refractivity contribution in [1.29, 1.82) is 5.41 Å². The molecule has 2 atom stereocenters. The smallest absolute Gasteiger partial charge is 0.490 e. The lowest BCUT2D eigenvalue weighted by atomic mass is 9.90. The molecule has 1 amide bonds. The summed E-state index contributed by atoms with van der Waals surface area (Å²) in [5, 5.41) is 32.2. The number of ether oxygens (including phenoxy) is 3. The highest BCUT2D eigenvalue weighted by molar-refractivity contribution is 5.96. The van der Waals surface area contributed by atoms with Gasteiger partial charge in [0.1, 0.15) is 5.82 Å². The van der Waals surface area contributed by atoms with E-state index >= 15 is 0 Å². The van der Waals surface area contributed by atoms with Crippen molar-refractivity contribution < 1.29 is 65.1 Å². The summed E-state index contributed by atoms with van der Waals surface area (Å²) in [6.07, 6.45) is -6.27. The molecule has 52 heavy (non-hydrogen) atoms. The summed E-state index contributed by atoms with van der Waals surface area (Å²) >= 11 is 0.